The molecule has 0 aromatic heterocycles. The number of amides is 1. The molecule has 0 aliphatic carbocycles. The van der Waals surface area contributed by atoms with E-state index in [9.17, 15) is 13.2 Å². The second-order valence-electron chi connectivity index (χ2n) is 6.18. The van der Waals surface area contributed by atoms with Gasteiger partial charge in [-0.15, -0.1) is 0 Å². The minimum atomic E-state index is -3.09. The van der Waals surface area contributed by atoms with E-state index in [1.807, 2.05) is 32.0 Å². The van der Waals surface area contributed by atoms with Crippen molar-refractivity contribution < 1.29 is 22.7 Å². The lowest BCUT2D eigenvalue weighted by Crippen LogP contribution is -2.39. The number of thiocarbonyl (C=S) groups is 1. The van der Waals surface area contributed by atoms with Gasteiger partial charge in [0.05, 0.1) is 35.7 Å². The summed E-state index contributed by atoms with van der Waals surface area (Å²) in [6, 6.07) is 5.11. The molecule has 146 valence electrons. The second kappa shape index (κ2) is 8.20. The minimum absolute atomic E-state index is 0.0235. The Kier molecular flexibility index (Phi) is 6.12. The molecule has 0 bridgehead atoms. The van der Waals surface area contributed by atoms with Gasteiger partial charge in [0.1, 0.15) is 4.32 Å². The lowest BCUT2D eigenvalue weighted by atomic mass is 10.1. The molecule has 2 fully saturated rings. The van der Waals surface area contributed by atoms with E-state index >= 15 is 0 Å². The van der Waals surface area contributed by atoms with Crippen molar-refractivity contribution in [3.8, 4) is 11.5 Å². The summed E-state index contributed by atoms with van der Waals surface area (Å²) in [5.74, 6) is 1.11. The Bertz CT molecular complexity index is 894. The maximum atomic E-state index is 12.8. The molecule has 2 saturated heterocycles. The molecule has 3 rings (SSSR count). The van der Waals surface area contributed by atoms with E-state index in [0.29, 0.717) is 40.4 Å². The molecule has 2 aliphatic heterocycles. The van der Waals surface area contributed by atoms with Crippen molar-refractivity contribution in [1.29, 1.82) is 0 Å². The average molecular weight is 428 g/mol. The number of hydrogen-bond donors (Lipinski definition) is 0. The number of carbonyl (C=O) groups is 1. The van der Waals surface area contributed by atoms with E-state index < -0.39 is 9.84 Å². The van der Waals surface area contributed by atoms with Gasteiger partial charge in [-0.1, -0.05) is 30.0 Å². The van der Waals surface area contributed by atoms with Gasteiger partial charge in [0.2, 0.25) is 0 Å². The molecular formula is C18H21NO5S3. The maximum absolute atomic E-state index is 12.8. The van der Waals surface area contributed by atoms with Crippen LogP contribution in [0.1, 0.15) is 25.8 Å². The van der Waals surface area contributed by atoms with Crippen LogP contribution in [-0.2, 0) is 14.6 Å². The van der Waals surface area contributed by atoms with Crippen LogP contribution < -0.4 is 9.47 Å². The minimum Gasteiger partial charge on any atom is -0.490 e. The first kappa shape index (κ1) is 20.2. The van der Waals surface area contributed by atoms with Crippen LogP contribution in [0.25, 0.3) is 6.08 Å². The molecule has 27 heavy (non-hydrogen) atoms. The van der Waals surface area contributed by atoms with Gasteiger partial charge in [0, 0.05) is 0 Å². The zero-order valence-corrected chi connectivity index (χ0v) is 17.6. The predicted molar refractivity (Wildman–Crippen MR) is 111 cm³/mol. The molecule has 0 unspecified atom stereocenters. The first-order valence-corrected chi connectivity index (χ1v) is 11.8. The number of nitrogens with zero attached hydrogens (tertiary/aromatic N) is 1. The van der Waals surface area contributed by atoms with Gasteiger partial charge in [0.25, 0.3) is 5.91 Å². The molecule has 0 saturated carbocycles. The number of sulfone groups is 1. The summed E-state index contributed by atoms with van der Waals surface area (Å²) in [5, 5.41) is 0. The van der Waals surface area contributed by atoms with Crippen molar-refractivity contribution in [2.24, 2.45) is 0 Å². The Morgan fingerprint density at radius 2 is 1.96 bits per heavy atom. The molecule has 2 aliphatic rings. The van der Waals surface area contributed by atoms with Gasteiger partial charge >= 0.3 is 0 Å². The lowest BCUT2D eigenvalue weighted by molar-refractivity contribution is -0.123. The van der Waals surface area contributed by atoms with E-state index in [0.717, 1.165) is 5.56 Å². The van der Waals surface area contributed by atoms with Crippen molar-refractivity contribution >= 4 is 50.1 Å². The van der Waals surface area contributed by atoms with Crippen LogP contribution in [0.15, 0.2) is 23.1 Å². The fraction of sp³-hybridized carbons (Fsp3) is 0.444. The average Bonchev–Trinajstić information content (AvgIpc) is 3.09. The van der Waals surface area contributed by atoms with Crippen molar-refractivity contribution in [1.82, 2.24) is 4.90 Å². The first-order valence-electron chi connectivity index (χ1n) is 8.71. The van der Waals surface area contributed by atoms with Gasteiger partial charge < -0.3 is 9.47 Å². The smallest absolute Gasteiger partial charge is 0.266 e. The highest BCUT2D eigenvalue weighted by molar-refractivity contribution is 8.26. The molecule has 2 heterocycles. The van der Waals surface area contributed by atoms with Crippen molar-refractivity contribution in [3.05, 3.63) is 28.7 Å². The Labute approximate surface area is 168 Å². The summed E-state index contributed by atoms with van der Waals surface area (Å²) in [4.78, 5) is 14.7. The Balaban J connectivity index is 1.84. The van der Waals surface area contributed by atoms with Crippen LogP contribution in [0.5, 0.6) is 11.5 Å². The largest absolute Gasteiger partial charge is 0.490 e. The molecular weight excluding hydrogens is 406 g/mol. The van der Waals surface area contributed by atoms with Gasteiger partial charge in [-0.05, 0) is 44.0 Å². The lowest BCUT2D eigenvalue weighted by Gasteiger charge is -2.20. The SMILES string of the molecule is CCOc1ccc(/C=C2\SC(=S)N([C@H]3CCS(=O)(=O)C3)C2=O)cc1OCC. The van der Waals surface area contributed by atoms with Gasteiger partial charge in [0.15, 0.2) is 21.3 Å². The standard InChI is InChI=1S/C18H21NO5S3/c1-3-23-14-6-5-12(9-15(14)24-4-2)10-16-17(20)19(18(25)26-16)13-7-8-27(21,22)11-13/h5-6,9-10,13H,3-4,7-8,11H2,1-2H3/b16-10-/t13-/m0/s1. The quantitative estimate of drug-likeness (QED) is 0.510. The van der Waals surface area contributed by atoms with Gasteiger partial charge in [-0.25, -0.2) is 8.42 Å². The number of rotatable bonds is 6. The molecule has 1 aromatic rings. The van der Waals surface area contributed by atoms with Crippen molar-refractivity contribution in [2.75, 3.05) is 24.7 Å². The molecule has 1 atom stereocenters. The van der Waals surface area contributed by atoms with Crippen LogP contribution in [0.4, 0.5) is 0 Å². The van der Waals surface area contributed by atoms with Crippen molar-refractivity contribution in [2.45, 2.75) is 26.3 Å². The fourth-order valence-corrected chi connectivity index (χ4v) is 6.18. The summed E-state index contributed by atoms with van der Waals surface area (Å²) >= 11 is 6.53. The highest BCUT2D eigenvalue weighted by atomic mass is 32.2. The Morgan fingerprint density at radius 3 is 2.59 bits per heavy atom. The monoisotopic (exact) mass is 427 g/mol. The van der Waals surface area contributed by atoms with Gasteiger partial charge in [-0.2, -0.15) is 0 Å². The third kappa shape index (κ3) is 4.47. The van der Waals surface area contributed by atoms with Crippen LogP contribution in [0.3, 0.4) is 0 Å². The molecule has 9 heteroatoms. The highest BCUT2D eigenvalue weighted by Crippen LogP contribution is 2.37. The summed E-state index contributed by atoms with van der Waals surface area (Å²) in [6.07, 6.45) is 2.18. The predicted octanol–water partition coefficient (Wildman–Crippen LogP) is 2.87. The van der Waals surface area contributed by atoms with E-state index in [2.05, 4.69) is 0 Å². The van der Waals surface area contributed by atoms with Crippen molar-refractivity contribution in [3.63, 3.8) is 0 Å². The van der Waals surface area contributed by atoms with Gasteiger partial charge in [-0.3, -0.25) is 9.69 Å². The summed E-state index contributed by atoms with van der Waals surface area (Å²) in [5.41, 5.74) is 0.793. The van der Waals surface area contributed by atoms with E-state index in [1.54, 1.807) is 6.08 Å². The molecule has 0 radical (unpaired) electrons. The van der Waals surface area contributed by atoms with Crippen LogP contribution in [-0.4, -0.2) is 54.3 Å². The second-order valence-corrected chi connectivity index (χ2v) is 10.1. The zero-order chi connectivity index (χ0) is 19.6. The zero-order valence-electron chi connectivity index (χ0n) is 15.1. The van der Waals surface area contributed by atoms with E-state index in [-0.39, 0.29) is 23.5 Å². The summed E-state index contributed by atoms with van der Waals surface area (Å²) in [6.45, 7) is 4.82. The normalized spacial score (nSPS) is 23.3. The number of carbonyl (C=O) groups excluding carboxylic acids is 1. The van der Waals surface area contributed by atoms with Crippen LogP contribution in [0.2, 0.25) is 0 Å². The fourth-order valence-electron chi connectivity index (χ4n) is 3.08. The number of benzene rings is 1. The number of thioether (sulfide) groups is 1. The molecule has 6 nitrogen and oxygen atoms in total. The molecule has 1 amide bonds. The highest BCUT2D eigenvalue weighted by Gasteiger charge is 2.42. The van der Waals surface area contributed by atoms with Crippen LogP contribution in [0, 0.1) is 0 Å². The third-order valence-electron chi connectivity index (χ3n) is 4.26. The maximum Gasteiger partial charge on any atom is 0.266 e. The molecule has 1 aromatic carbocycles. The van der Waals surface area contributed by atoms with E-state index in [4.69, 9.17) is 21.7 Å². The first-order chi connectivity index (χ1) is 12.8. The number of ether oxygens (including phenoxy) is 2. The van der Waals surface area contributed by atoms with Crippen LogP contribution >= 0.6 is 24.0 Å². The third-order valence-corrected chi connectivity index (χ3v) is 7.34. The summed E-state index contributed by atoms with van der Waals surface area (Å²) in [7, 11) is -3.09. The topological polar surface area (TPSA) is 72.9 Å². The number of hydrogen-bond acceptors (Lipinski definition) is 7. The Morgan fingerprint density at radius 1 is 1.26 bits per heavy atom. The molecule has 0 spiro atoms. The molecule has 0 N–H and O–H groups in total. The summed E-state index contributed by atoms with van der Waals surface area (Å²) < 4.78 is 35.1. The van der Waals surface area contributed by atoms with E-state index in [1.165, 1.54) is 16.7 Å². The Hall–Kier alpha value is -1.58.